The van der Waals surface area contributed by atoms with Crippen LogP contribution >= 0.6 is 0 Å². The van der Waals surface area contributed by atoms with Crippen LogP contribution < -0.4 is 5.32 Å². The van der Waals surface area contributed by atoms with E-state index in [1.807, 2.05) is 0 Å². The molecule has 0 saturated carbocycles. The van der Waals surface area contributed by atoms with Gasteiger partial charge in [-0.25, -0.2) is 4.39 Å². The van der Waals surface area contributed by atoms with Crippen molar-refractivity contribution < 1.29 is 23.1 Å². The number of amides is 1. The Kier molecular flexibility index (Phi) is 5.51. The van der Waals surface area contributed by atoms with Gasteiger partial charge < -0.3 is 14.5 Å². The van der Waals surface area contributed by atoms with Crippen molar-refractivity contribution in [1.29, 1.82) is 0 Å². The molecule has 1 atom stereocenters. The molecule has 1 N–H and O–H groups in total. The number of ether oxygens (including phenoxy) is 1. The van der Waals surface area contributed by atoms with E-state index in [1.165, 1.54) is 19.3 Å². The fourth-order valence-corrected chi connectivity index (χ4v) is 1.90. The van der Waals surface area contributed by atoms with Gasteiger partial charge >= 0.3 is 5.97 Å². The zero-order valence-electron chi connectivity index (χ0n) is 13.0. The average molecular weight is 319 g/mol. The van der Waals surface area contributed by atoms with Crippen LogP contribution in [0.5, 0.6) is 0 Å². The van der Waals surface area contributed by atoms with Crippen molar-refractivity contribution >= 4 is 17.6 Å². The summed E-state index contributed by atoms with van der Waals surface area (Å²) in [5.41, 5.74) is 0.803. The fourth-order valence-electron chi connectivity index (χ4n) is 1.90. The second kappa shape index (κ2) is 7.58. The summed E-state index contributed by atoms with van der Waals surface area (Å²) in [6.45, 7) is 3.09. The van der Waals surface area contributed by atoms with Gasteiger partial charge in [-0.3, -0.25) is 9.59 Å². The molecule has 2 rings (SSSR count). The number of nitrogens with one attached hydrogen (secondary N) is 1. The van der Waals surface area contributed by atoms with E-state index in [2.05, 4.69) is 5.32 Å². The molecular formula is C17H18FNO4. The Bertz CT molecular complexity index is 682. The van der Waals surface area contributed by atoms with Crippen LogP contribution in [0, 0.1) is 12.7 Å². The predicted molar refractivity (Wildman–Crippen MR) is 82.3 cm³/mol. The second-order valence-electron chi connectivity index (χ2n) is 5.16. The van der Waals surface area contributed by atoms with Crippen molar-refractivity contribution in [3.05, 3.63) is 53.7 Å². The van der Waals surface area contributed by atoms with E-state index in [1.54, 1.807) is 31.2 Å². The molecule has 0 aliphatic rings. The Balaban J connectivity index is 1.81. The number of furan rings is 1. The third-order valence-electron chi connectivity index (χ3n) is 3.27. The molecule has 122 valence electrons. The molecule has 0 aliphatic carbocycles. The van der Waals surface area contributed by atoms with E-state index in [4.69, 9.17) is 9.15 Å². The van der Waals surface area contributed by atoms with Gasteiger partial charge in [-0.05, 0) is 43.7 Å². The van der Waals surface area contributed by atoms with Gasteiger partial charge in [0.1, 0.15) is 11.6 Å². The minimum absolute atomic E-state index is 0.115. The summed E-state index contributed by atoms with van der Waals surface area (Å²) in [6, 6.07) is 7.86. The zero-order chi connectivity index (χ0) is 16.8. The van der Waals surface area contributed by atoms with Crippen LogP contribution in [0.15, 0.2) is 41.0 Å². The summed E-state index contributed by atoms with van der Waals surface area (Å²) in [4.78, 5) is 23.6. The van der Waals surface area contributed by atoms with Gasteiger partial charge in [-0.2, -0.15) is 0 Å². The first kappa shape index (κ1) is 16.7. The highest BCUT2D eigenvalue weighted by Crippen LogP contribution is 2.14. The first-order chi connectivity index (χ1) is 11.0. The lowest BCUT2D eigenvalue weighted by Crippen LogP contribution is -2.30. The van der Waals surface area contributed by atoms with Crippen molar-refractivity contribution in [1.82, 2.24) is 0 Å². The normalized spacial score (nSPS) is 11.8. The van der Waals surface area contributed by atoms with Crippen molar-refractivity contribution in [2.24, 2.45) is 0 Å². The summed E-state index contributed by atoms with van der Waals surface area (Å²) >= 11 is 0. The SMILES string of the molecule is Cc1ccc(NC(=O)[C@@H](C)OC(=O)CCc2ccco2)cc1F. The third kappa shape index (κ3) is 4.95. The van der Waals surface area contributed by atoms with Gasteiger partial charge in [0.2, 0.25) is 0 Å². The summed E-state index contributed by atoms with van der Waals surface area (Å²) in [5, 5.41) is 2.51. The second-order valence-corrected chi connectivity index (χ2v) is 5.16. The van der Waals surface area contributed by atoms with E-state index >= 15 is 0 Å². The molecule has 2 aromatic rings. The molecule has 0 saturated heterocycles. The van der Waals surface area contributed by atoms with E-state index in [9.17, 15) is 14.0 Å². The number of halogens is 1. The van der Waals surface area contributed by atoms with Crippen LogP contribution in [-0.4, -0.2) is 18.0 Å². The molecule has 1 aromatic carbocycles. The first-order valence-corrected chi connectivity index (χ1v) is 7.24. The van der Waals surface area contributed by atoms with Crippen molar-refractivity contribution in [3.8, 4) is 0 Å². The topological polar surface area (TPSA) is 68.5 Å². The Morgan fingerprint density at radius 1 is 1.35 bits per heavy atom. The van der Waals surface area contributed by atoms with Gasteiger partial charge in [0.15, 0.2) is 6.10 Å². The molecular weight excluding hydrogens is 301 g/mol. The smallest absolute Gasteiger partial charge is 0.307 e. The summed E-state index contributed by atoms with van der Waals surface area (Å²) < 4.78 is 23.6. The molecule has 1 aromatic heterocycles. The molecule has 0 spiro atoms. The van der Waals surface area contributed by atoms with Gasteiger partial charge in [-0.1, -0.05) is 6.07 Å². The Morgan fingerprint density at radius 3 is 2.78 bits per heavy atom. The molecule has 0 radical (unpaired) electrons. The zero-order valence-corrected chi connectivity index (χ0v) is 13.0. The number of anilines is 1. The molecule has 0 unspecified atom stereocenters. The van der Waals surface area contributed by atoms with Crippen LogP contribution in [0.4, 0.5) is 10.1 Å². The van der Waals surface area contributed by atoms with Gasteiger partial charge in [0.25, 0.3) is 5.91 Å². The maximum absolute atomic E-state index is 13.4. The Labute approximate surface area is 133 Å². The lowest BCUT2D eigenvalue weighted by molar-refractivity contribution is -0.153. The van der Waals surface area contributed by atoms with Crippen molar-refractivity contribution in [2.75, 3.05) is 5.32 Å². The van der Waals surface area contributed by atoms with Crippen LogP contribution in [0.25, 0.3) is 0 Å². The van der Waals surface area contributed by atoms with Gasteiger partial charge in [0.05, 0.1) is 12.7 Å². The number of aryl methyl sites for hydroxylation is 2. The predicted octanol–water partition coefficient (Wildman–Crippen LogP) is 3.23. The number of carbonyl (C=O) groups is 2. The van der Waals surface area contributed by atoms with Crippen LogP contribution in [0.3, 0.4) is 0 Å². The fraction of sp³-hybridized carbons (Fsp3) is 0.294. The minimum atomic E-state index is -0.969. The molecule has 0 aliphatic heterocycles. The van der Waals surface area contributed by atoms with E-state index < -0.39 is 23.8 Å². The number of rotatable bonds is 6. The highest BCUT2D eigenvalue weighted by Gasteiger charge is 2.18. The summed E-state index contributed by atoms with van der Waals surface area (Å²) in [5.74, 6) is -0.751. The number of hydrogen-bond acceptors (Lipinski definition) is 4. The number of carbonyl (C=O) groups excluding carboxylic acids is 2. The van der Waals surface area contributed by atoms with Gasteiger partial charge in [0, 0.05) is 12.1 Å². The lowest BCUT2D eigenvalue weighted by atomic mass is 10.2. The first-order valence-electron chi connectivity index (χ1n) is 7.24. The standard InChI is InChI=1S/C17H18FNO4/c1-11-5-6-13(10-15(11)18)19-17(21)12(2)23-16(20)8-7-14-4-3-9-22-14/h3-6,9-10,12H,7-8H2,1-2H3,(H,19,21)/t12-/m1/s1. The van der Waals surface area contributed by atoms with E-state index in [-0.39, 0.29) is 6.42 Å². The Hall–Kier alpha value is -2.63. The molecule has 6 heteroatoms. The number of benzene rings is 1. The van der Waals surface area contributed by atoms with Crippen LogP contribution in [0.1, 0.15) is 24.7 Å². The summed E-state index contributed by atoms with van der Waals surface area (Å²) in [7, 11) is 0. The summed E-state index contributed by atoms with van der Waals surface area (Å²) in [6.07, 6.45) is 1.08. The molecule has 0 fully saturated rings. The molecule has 5 nitrogen and oxygen atoms in total. The lowest BCUT2D eigenvalue weighted by Gasteiger charge is -2.13. The molecule has 0 bridgehead atoms. The minimum Gasteiger partial charge on any atom is -0.469 e. The maximum Gasteiger partial charge on any atom is 0.307 e. The van der Waals surface area contributed by atoms with Crippen molar-refractivity contribution in [3.63, 3.8) is 0 Å². The highest BCUT2D eigenvalue weighted by atomic mass is 19.1. The third-order valence-corrected chi connectivity index (χ3v) is 3.27. The largest absolute Gasteiger partial charge is 0.469 e. The Morgan fingerprint density at radius 2 is 2.13 bits per heavy atom. The maximum atomic E-state index is 13.4. The quantitative estimate of drug-likeness (QED) is 0.830. The van der Waals surface area contributed by atoms with Crippen molar-refractivity contribution in [2.45, 2.75) is 32.8 Å². The van der Waals surface area contributed by atoms with Crippen LogP contribution in [-0.2, 0) is 20.7 Å². The molecule has 1 heterocycles. The van der Waals surface area contributed by atoms with Crippen LogP contribution in [0.2, 0.25) is 0 Å². The molecule has 1 amide bonds. The highest BCUT2D eigenvalue weighted by molar-refractivity contribution is 5.95. The van der Waals surface area contributed by atoms with E-state index in [0.717, 1.165) is 0 Å². The van der Waals surface area contributed by atoms with Gasteiger partial charge in [-0.15, -0.1) is 0 Å². The number of hydrogen-bond donors (Lipinski definition) is 1. The van der Waals surface area contributed by atoms with E-state index in [0.29, 0.717) is 23.4 Å². The average Bonchev–Trinajstić information content (AvgIpc) is 3.02. The molecule has 23 heavy (non-hydrogen) atoms. The monoisotopic (exact) mass is 319 g/mol. The number of esters is 1.